The van der Waals surface area contributed by atoms with Crippen molar-refractivity contribution < 1.29 is 19.8 Å². The lowest BCUT2D eigenvalue weighted by Gasteiger charge is -2.17. The Morgan fingerprint density at radius 2 is 1.59 bits per heavy atom. The summed E-state index contributed by atoms with van der Waals surface area (Å²) >= 11 is 6.01. The number of aromatic carboxylic acids is 1. The van der Waals surface area contributed by atoms with Gasteiger partial charge in [0, 0.05) is 27.9 Å². The summed E-state index contributed by atoms with van der Waals surface area (Å²) in [6.45, 7) is 0. The lowest BCUT2D eigenvalue weighted by molar-refractivity contribution is -0.137. The Hall–Kier alpha value is -4.69. The molecule has 1 atom stereocenters. The van der Waals surface area contributed by atoms with E-state index in [4.69, 9.17) is 11.6 Å². The molecule has 0 fully saturated rings. The summed E-state index contributed by atoms with van der Waals surface area (Å²) in [5.74, 6) is -1.67. The molecule has 0 aliphatic rings. The first-order valence-corrected chi connectivity index (χ1v) is 11.8. The van der Waals surface area contributed by atoms with Crippen LogP contribution >= 0.6 is 11.6 Å². The number of para-hydroxylation sites is 1. The first-order chi connectivity index (χ1) is 17.9. The average molecular weight is 513 g/mol. The fraction of sp³-hybridized carbons (Fsp3) is 0.0714. The number of carbonyl (C=O) groups is 2. The van der Waals surface area contributed by atoms with Gasteiger partial charge < -0.3 is 20.8 Å². The Bertz CT molecular complexity index is 1640. The molecule has 184 valence electrons. The second kappa shape index (κ2) is 10.1. The van der Waals surface area contributed by atoms with E-state index in [0.29, 0.717) is 21.7 Å². The predicted molar refractivity (Wildman–Crippen MR) is 144 cm³/mol. The Morgan fingerprint density at radius 1 is 0.838 bits per heavy atom. The van der Waals surface area contributed by atoms with Gasteiger partial charge in [0.25, 0.3) is 0 Å². The van der Waals surface area contributed by atoms with Gasteiger partial charge in [0.2, 0.25) is 0 Å². The molecule has 0 aliphatic carbocycles. The second-order valence-corrected chi connectivity index (χ2v) is 8.91. The number of hydrogen-bond acceptors (Lipinski definition) is 6. The van der Waals surface area contributed by atoms with Gasteiger partial charge in [-0.05, 0) is 60.2 Å². The molecule has 0 saturated carbocycles. The number of nitrogens with zero attached hydrogens (tertiary/aromatic N) is 2. The number of fused-ring (bicyclic) bond motifs is 2. The van der Waals surface area contributed by atoms with E-state index < -0.39 is 18.0 Å². The summed E-state index contributed by atoms with van der Waals surface area (Å²) in [6, 6.07) is 24.3. The molecule has 5 rings (SSSR count). The summed E-state index contributed by atoms with van der Waals surface area (Å²) in [5.41, 5.74) is 2.79. The van der Waals surface area contributed by atoms with E-state index in [9.17, 15) is 19.8 Å². The van der Waals surface area contributed by atoms with Crippen LogP contribution < -0.4 is 10.6 Å². The van der Waals surface area contributed by atoms with Gasteiger partial charge >= 0.3 is 11.9 Å². The number of carboxylic acids is 2. The van der Waals surface area contributed by atoms with Crippen LogP contribution in [-0.2, 0) is 11.2 Å². The van der Waals surface area contributed by atoms with Gasteiger partial charge in [-0.1, -0.05) is 41.9 Å². The summed E-state index contributed by atoms with van der Waals surface area (Å²) in [4.78, 5) is 32.8. The highest BCUT2D eigenvalue weighted by Gasteiger charge is 2.22. The number of anilines is 3. The minimum absolute atomic E-state index is 0.0182. The van der Waals surface area contributed by atoms with Gasteiger partial charge in [-0.15, -0.1) is 0 Å². The molecule has 0 saturated heterocycles. The number of benzene rings is 3. The van der Waals surface area contributed by atoms with Crippen LogP contribution in [0.3, 0.4) is 0 Å². The Morgan fingerprint density at radius 3 is 2.35 bits per heavy atom. The third-order valence-corrected chi connectivity index (χ3v) is 6.12. The molecular weight excluding hydrogens is 492 g/mol. The van der Waals surface area contributed by atoms with Crippen molar-refractivity contribution in [3.8, 4) is 0 Å². The Kier molecular flexibility index (Phi) is 6.57. The first-order valence-electron chi connectivity index (χ1n) is 11.4. The van der Waals surface area contributed by atoms with Gasteiger partial charge in [0.1, 0.15) is 23.2 Å². The molecule has 8 nitrogen and oxygen atoms in total. The number of hydrogen-bond donors (Lipinski definition) is 4. The van der Waals surface area contributed by atoms with Gasteiger partial charge in [0.15, 0.2) is 0 Å². The van der Waals surface area contributed by atoms with E-state index >= 15 is 0 Å². The van der Waals surface area contributed by atoms with Crippen LogP contribution in [0.25, 0.3) is 21.8 Å². The third kappa shape index (κ3) is 5.44. The van der Waals surface area contributed by atoms with Crippen molar-refractivity contribution in [3.05, 3.63) is 101 Å². The van der Waals surface area contributed by atoms with Crippen molar-refractivity contribution in [2.45, 2.75) is 12.5 Å². The van der Waals surface area contributed by atoms with E-state index in [1.807, 2.05) is 60.7 Å². The molecule has 3 aromatic carbocycles. The number of nitrogens with one attached hydrogen (secondary N) is 2. The van der Waals surface area contributed by atoms with E-state index in [0.717, 1.165) is 22.2 Å². The number of aliphatic carboxylic acids is 1. The minimum atomic E-state index is -1.22. The van der Waals surface area contributed by atoms with E-state index in [1.54, 1.807) is 18.2 Å². The summed E-state index contributed by atoms with van der Waals surface area (Å²) < 4.78 is 0. The van der Waals surface area contributed by atoms with E-state index in [1.165, 1.54) is 6.07 Å². The molecule has 2 heterocycles. The van der Waals surface area contributed by atoms with Crippen LogP contribution in [-0.4, -0.2) is 38.2 Å². The van der Waals surface area contributed by atoms with Crippen molar-refractivity contribution in [1.82, 2.24) is 9.97 Å². The maximum Gasteiger partial charge on any atom is 0.339 e. The zero-order valence-corrected chi connectivity index (χ0v) is 20.1. The average Bonchev–Trinajstić information content (AvgIpc) is 2.89. The monoisotopic (exact) mass is 512 g/mol. The van der Waals surface area contributed by atoms with Crippen molar-refractivity contribution in [3.63, 3.8) is 0 Å². The van der Waals surface area contributed by atoms with Crippen molar-refractivity contribution in [2.75, 3.05) is 10.6 Å². The molecule has 0 bridgehead atoms. The third-order valence-electron chi connectivity index (χ3n) is 5.88. The number of halogens is 1. The molecule has 0 spiro atoms. The number of aromatic nitrogens is 2. The number of pyridine rings is 2. The lowest BCUT2D eigenvalue weighted by Crippen LogP contribution is -2.32. The fourth-order valence-electron chi connectivity index (χ4n) is 4.03. The molecule has 0 aliphatic heterocycles. The highest BCUT2D eigenvalue weighted by atomic mass is 35.5. The summed E-state index contributed by atoms with van der Waals surface area (Å²) in [7, 11) is 0. The van der Waals surface area contributed by atoms with E-state index in [-0.39, 0.29) is 17.8 Å². The lowest BCUT2D eigenvalue weighted by atomic mass is 10.0. The van der Waals surface area contributed by atoms with Crippen molar-refractivity contribution >= 4 is 62.7 Å². The van der Waals surface area contributed by atoms with Gasteiger partial charge in [-0.3, -0.25) is 0 Å². The molecule has 5 aromatic rings. The van der Waals surface area contributed by atoms with Crippen LogP contribution in [0, 0.1) is 0 Å². The molecule has 2 aromatic heterocycles. The Balaban J connectivity index is 1.34. The zero-order chi connectivity index (χ0) is 25.9. The molecule has 9 heteroatoms. The maximum atomic E-state index is 12.0. The van der Waals surface area contributed by atoms with Crippen LogP contribution in [0.4, 0.5) is 17.3 Å². The largest absolute Gasteiger partial charge is 0.480 e. The number of rotatable bonds is 8. The molecule has 0 amide bonds. The number of carboxylic acid groups (broad SMARTS) is 2. The van der Waals surface area contributed by atoms with Crippen LogP contribution in [0.5, 0.6) is 0 Å². The van der Waals surface area contributed by atoms with Crippen LogP contribution in [0.1, 0.15) is 15.9 Å². The molecular formula is C28H21ClN4O4. The van der Waals surface area contributed by atoms with Crippen LogP contribution in [0.2, 0.25) is 5.02 Å². The maximum absolute atomic E-state index is 12.0. The highest BCUT2D eigenvalue weighted by Crippen LogP contribution is 2.25. The zero-order valence-electron chi connectivity index (χ0n) is 19.4. The summed E-state index contributed by atoms with van der Waals surface area (Å²) in [6.07, 6.45) is 0.114. The molecule has 37 heavy (non-hydrogen) atoms. The Labute approximate surface area is 216 Å². The van der Waals surface area contributed by atoms with Gasteiger partial charge in [-0.25, -0.2) is 19.6 Å². The predicted octanol–water partition coefficient (Wildman–Crippen LogP) is 5.99. The molecule has 1 unspecified atom stereocenters. The quantitative estimate of drug-likeness (QED) is 0.200. The normalized spacial score (nSPS) is 11.8. The smallest absolute Gasteiger partial charge is 0.339 e. The van der Waals surface area contributed by atoms with Gasteiger partial charge in [0.05, 0.1) is 11.0 Å². The van der Waals surface area contributed by atoms with Gasteiger partial charge in [-0.2, -0.15) is 0 Å². The van der Waals surface area contributed by atoms with E-state index in [2.05, 4.69) is 20.6 Å². The molecule has 4 N–H and O–H groups in total. The minimum Gasteiger partial charge on any atom is -0.480 e. The molecule has 0 radical (unpaired) electrons. The second-order valence-electron chi connectivity index (χ2n) is 8.48. The standard InChI is InChI=1S/C28H21ClN4O4/c29-19-8-11-23-18(14-19)15-21(27(34)35)26(32-23)33-24(28(36)37)13-16-5-9-20(10-6-16)30-25-12-7-17-3-1-2-4-22(17)31-25/h1-12,14-15,24H,13H2,(H,30,31)(H,32,33)(H,34,35)(H,36,37). The van der Waals surface area contributed by atoms with Crippen LogP contribution in [0.15, 0.2) is 84.9 Å². The highest BCUT2D eigenvalue weighted by molar-refractivity contribution is 6.31. The van der Waals surface area contributed by atoms with Crippen molar-refractivity contribution in [1.29, 1.82) is 0 Å². The SMILES string of the molecule is O=C(O)c1cc2cc(Cl)ccc2nc1NC(Cc1ccc(Nc2ccc3ccccc3n2)cc1)C(=O)O. The first kappa shape index (κ1) is 24.0. The fourth-order valence-corrected chi connectivity index (χ4v) is 4.21. The topological polar surface area (TPSA) is 124 Å². The summed E-state index contributed by atoms with van der Waals surface area (Å²) in [5, 5.41) is 27.6. The van der Waals surface area contributed by atoms with Crippen molar-refractivity contribution in [2.24, 2.45) is 0 Å².